The van der Waals surface area contributed by atoms with Gasteiger partial charge in [0.15, 0.2) is 0 Å². The van der Waals surface area contributed by atoms with Gasteiger partial charge in [-0.05, 0) is 29.7 Å². The van der Waals surface area contributed by atoms with Crippen molar-refractivity contribution >= 4 is 17.1 Å². The van der Waals surface area contributed by atoms with Gasteiger partial charge in [0.25, 0.3) is 0 Å². The third kappa shape index (κ3) is 4.29. The molecule has 0 aliphatic rings. The Morgan fingerprint density at radius 3 is 2.31 bits per heavy atom. The maximum Gasteiger partial charge on any atom is 0.315 e. The van der Waals surface area contributed by atoms with Crippen LogP contribution in [0.15, 0.2) is 84.9 Å². The van der Waals surface area contributed by atoms with Gasteiger partial charge in [-0.25, -0.2) is 9.78 Å². The number of nitrogens with zero attached hydrogens (tertiary/aromatic N) is 2. The standard InChI is InChI=1S/C24H24N4O/c1-28-21-15-9-8-14-20(21)26-23(28)22(19-12-6-3-7-13-19)27-24(29)25-17-16-18-10-4-2-5-11-18/h2-15,22H,16-17H2,1H3,(H2,25,27,29)/t22-/m0/s1. The van der Waals surface area contributed by atoms with E-state index in [1.807, 2.05) is 84.4 Å². The molecule has 146 valence electrons. The molecule has 0 fully saturated rings. The maximum absolute atomic E-state index is 12.7. The number of carbonyl (C=O) groups is 1. The van der Waals surface area contributed by atoms with Gasteiger partial charge in [-0.2, -0.15) is 0 Å². The maximum atomic E-state index is 12.7. The zero-order valence-corrected chi connectivity index (χ0v) is 16.4. The van der Waals surface area contributed by atoms with Crippen molar-refractivity contribution in [2.75, 3.05) is 6.54 Å². The Morgan fingerprint density at radius 1 is 0.931 bits per heavy atom. The number of nitrogens with one attached hydrogen (secondary N) is 2. The van der Waals surface area contributed by atoms with E-state index in [0.717, 1.165) is 28.8 Å². The molecule has 1 heterocycles. The van der Waals surface area contributed by atoms with E-state index in [1.54, 1.807) is 0 Å². The second-order valence-electron chi connectivity index (χ2n) is 7.00. The monoisotopic (exact) mass is 384 g/mol. The highest BCUT2D eigenvalue weighted by atomic mass is 16.2. The van der Waals surface area contributed by atoms with E-state index in [9.17, 15) is 4.79 Å². The normalized spacial score (nSPS) is 11.9. The highest BCUT2D eigenvalue weighted by Crippen LogP contribution is 2.24. The lowest BCUT2D eigenvalue weighted by atomic mass is 10.1. The zero-order chi connectivity index (χ0) is 20.1. The van der Waals surface area contributed by atoms with Crippen molar-refractivity contribution < 1.29 is 4.79 Å². The van der Waals surface area contributed by atoms with E-state index in [2.05, 4.69) is 22.8 Å². The molecule has 0 saturated carbocycles. The van der Waals surface area contributed by atoms with Crippen molar-refractivity contribution in [3.63, 3.8) is 0 Å². The summed E-state index contributed by atoms with van der Waals surface area (Å²) >= 11 is 0. The van der Waals surface area contributed by atoms with Crippen LogP contribution in [0.1, 0.15) is 23.0 Å². The fourth-order valence-corrected chi connectivity index (χ4v) is 3.51. The summed E-state index contributed by atoms with van der Waals surface area (Å²) in [5.74, 6) is 0.801. The van der Waals surface area contributed by atoms with Crippen LogP contribution in [0.2, 0.25) is 0 Å². The molecule has 0 aliphatic heterocycles. The Balaban J connectivity index is 1.53. The van der Waals surface area contributed by atoms with E-state index in [0.29, 0.717) is 6.54 Å². The largest absolute Gasteiger partial charge is 0.338 e. The predicted octanol–water partition coefficient (Wildman–Crippen LogP) is 4.20. The Labute approximate surface area is 170 Å². The van der Waals surface area contributed by atoms with Gasteiger partial charge in [-0.1, -0.05) is 72.8 Å². The summed E-state index contributed by atoms with van der Waals surface area (Å²) in [5.41, 5.74) is 4.14. The van der Waals surface area contributed by atoms with Gasteiger partial charge in [0.05, 0.1) is 11.0 Å². The number of aromatic nitrogens is 2. The van der Waals surface area contributed by atoms with Gasteiger partial charge >= 0.3 is 6.03 Å². The molecule has 0 spiro atoms. The van der Waals surface area contributed by atoms with Gasteiger partial charge in [0.2, 0.25) is 0 Å². The Hall–Kier alpha value is -3.60. The average molecular weight is 384 g/mol. The van der Waals surface area contributed by atoms with Crippen LogP contribution in [0.4, 0.5) is 4.79 Å². The van der Waals surface area contributed by atoms with Crippen molar-refractivity contribution in [3.8, 4) is 0 Å². The molecule has 5 nitrogen and oxygen atoms in total. The third-order valence-electron chi connectivity index (χ3n) is 5.03. The molecular formula is C24H24N4O. The van der Waals surface area contributed by atoms with Crippen molar-refractivity contribution in [2.24, 2.45) is 7.05 Å². The number of aryl methyl sites for hydroxylation is 1. The Kier molecular flexibility index (Phi) is 5.56. The lowest BCUT2D eigenvalue weighted by Crippen LogP contribution is -2.40. The van der Waals surface area contributed by atoms with Crippen LogP contribution in [-0.4, -0.2) is 22.1 Å². The van der Waals surface area contributed by atoms with Crippen molar-refractivity contribution in [1.82, 2.24) is 20.2 Å². The first-order valence-corrected chi connectivity index (χ1v) is 9.77. The SMILES string of the molecule is Cn1c([C@@H](NC(=O)NCCc2ccccc2)c2ccccc2)nc2ccccc21. The molecule has 3 aromatic carbocycles. The zero-order valence-electron chi connectivity index (χ0n) is 16.4. The highest BCUT2D eigenvalue weighted by Gasteiger charge is 2.22. The van der Waals surface area contributed by atoms with Crippen LogP contribution in [-0.2, 0) is 13.5 Å². The number of imidazole rings is 1. The summed E-state index contributed by atoms with van der Waals surface area (Å²) in [6.07, 6.45) is 0.788. The average Bonchev–Trinajstić information content (AvgIpc) is 3.10. The van der Waals surface area contributed by atoms with Gasteiger partial charge in [-0.15, -0.1) is 0 Å². The molecule has 1 aromatic heterocycles. The van der Waals surface area contributed by atoms with E-state index < -0.39 is 0 Å². The Morgan fingerprint density at radius 2 is 1.59 bits per heavy atom. The molecule has 0 bridgehead atoms. The van der Waals surface area contributed by atoms with E-state index >= 15 is 0 Å². The van der Waals surface area contributed by atoms with E-state index in [1.165, 1.54) is 5.56 Å². The molecule has 2 amide bonds. The lowest BCUT2D eigenvalue weighted by Gasteiger charge is -2.19. The summed E-state index contributed by atoms with van der Waals surface area (Å²) in [4.78, 5) is 17.4. The number of benzene rings is 3. The molecule has 1 atom stereocenters. The first kappa shape index (κ1) is 18.7. The number of hydrogen-bond donors (Lipinski definition) is 2. The number of fused-ring (bicyclic) bond motifs is 1. The number of rotatable bonds is 6. The summed E-state index contributed by atoms with van der Waals surface area (Å²) < 4.78 is 2.04. The molecule has 2 N–H and O–H groups in total. The number of carbonyl (C=O) groups excluding carboxylic acids is 1. The van der Waals surface area contributed by atoms with Gasteiger partial charge in [0.1, 0.15) is 11.9 Å². The quantitative estimate of drug-likeness (QED) is 0.523. The fourth-order valence-electron chi connectivity index (χ4n) is 3.51. The number of urea groups is 1. The fraction of sp³-hybridized carbons (Fsp3) is 0.167. The lowest BCUT2D eigenvalue weighted by molar-refractivity contribution is 0.238. The van der Waals surface area contributed by atoms with Gasteiger partial charge < -0.3 is 15.2 Å². The number of para-hydroxylation sites is 2. The highest BCUT2D eigenvalue weighted by molar-refractivity contribution is 5.77. The topological polar surface area (TPSA) is 59.0 Å². The number of hydrogen-bond acceptors (Lipinski definition) is 2. The second kappa shape index (κ2) is 8.61. The van der Waals surface area contributed by atoms with E-state index in [4.69, 9.17) is 4.98 Å². The molecule has 29 heavy (non-hydrogen) atoms. The summed E-state index contributed by atoms with van der Waals surface area (Å²) in [6, 6.07) is 27.5. The van der Waals surface area contributed by atoms with Crippen LogP contribution in [0.5, 0.6) is 0 Å². The van der Waals surface area contributed by atoms with Gasteiger partial charge in [-0.3, -0.25) is 0 Å². The summed E-state index contributed by atoms with van der Waals surface area (Å²) in [7, 11) is 1.98. The predicted molar refractivity (Wildman–Crippen MR) is 116 cm³/mol. The summed E-state index contributed by atoms with van der Waals surface area (Å²) in [6.45, 7) is 0.569. The first-order valence-electron chi connectivity index (χ1n) is 9.77. The molecule has 4 aromatic rings. The minimum atomic E-state index is -0.342. The van der Waals surface area contributed by atoms with Crippen molar-refractivity contribution in [3.05, 3.63) is 102 Å². The molecule has 0 unspecified atom stereocenters. The minimum Gasteiger partial charge on any atom is -0.338 e. The summed E-state index contributed by atoms with van der Waals surface area (Å²) in [5, 5.41) is 6.07. The first-order chi connectivity index (χ1) is 14.2. The molecule has 4 rings (SSSR count). The molecule has 5 heteroatoms. The third-order valence-corrected chi connectivity index (χ3v) is 5.03. The van der Waals surface area contributed by atoms with Crippen molar-refractivity contribution in [1.29, 1.82) is 0 Å². The molecule has 0 saturated heterocycles. The van der Waals surface area contributed by atoms with Crippen molar-refractivity contribution in [2.45, 2.75) is 12.5 Å². The Bertz CT molecular complexity index is 1090. The van der Waals surface area contributed by atoms with Crippen LogP contribution in [0.25, 0.3) is 11.0 Å². The minimum absolute atomic E-state index is 0.207. The van der Waals surface area contributed by atoms with Crippen LogP contribution in [0.3, 0.4) is 0 Å². The molecule has 0 aliphatic carbocycles. The second-order valence-corrected chi connectivity index (χ2v) is 7.00. The van der Waals surface area contributed by atoms with Crippen LogP contribution in [0, 0.1) is 0 Å². The van der Waals surface area contributed by atoms with Crippen LogP contribution < -0.4 is 10.6 Å². The number of amides is 2. The van der Waals surface area contributed by atoms with Gasteiger partial charge in [0, 0.05) is 13.6 Å². The smallest absolute Gasteiger partial charge is 0.315 e. The van der Waals surface area contributed by atoms with Crippen LogP contribution >= 0.6 is 0 Å². The molecule has 0 radical (unpaired) electrons. The van der Waals surface area contributed by atoms with E-state index in [-0.39, 0.29) is 12.1 Å². The molecular weight excluding hydrogens is 360 g/mol.